The maximum absolute atomic E-state index is 12.1. The van der Waals surface area contributed by atoms with Crippen molar-refractivity contribution < 1.29 is 4.21 Å². The summed E-state index contributed by atoms with van der Waals surface area (Å²) in [5, 5.41) is 8.44. The number of rotatable bonds is 3. The van der Waals surface area contributed by atoms with Crippen LogP contribution in [0.2, 0.25) is 0 Å². The highest BCUT2D eigenvalue weighted by Gasteiger charge is 2.17. The maximum atomic E-state index is 12.1. The molecule has 18 heavy (non-hydrogen) atoms. The summed E-state index contributed by atoms with van der Waals surface area (Å²) >= 11 is -1.37. The third-order valence-corrected chi connectivity index (χ3v) is 4.28. The van der Waals surface area contributed by atoms with Gasteiger partial charge in [0, 0.05) is 6.04 Å². The van der Waals surface area contributed by atoms with Crippen LogP contribution in [0, 0.1) is 0 Å². The molecule has 1 fully saturated rings. The van der Waals surface area contributed by atoms with E-state index in [0.29, 0.717) is 6.04 Å². The lowest BCUT2D eigenvalue weighted by molar-refractivity contribution is 0.417. The molecule has 0 aliphatic heterocycles. The lowest BCUT2D eigenvalue weighted by Crippen LogP contribution is -2.36. The van der Waals surface area contributed by atoms with Crippen molar-refractivity contribution in [3.63, 3.8) is 0 Å². The lowest BCUT2D eigenvalue weighted by atomic mass is 9.96. The number of hydrogen-bond donors (Lipinski definition) is 1. The number of nitrogens with zero attached hydrogens (tertiary/aromatic N) is 3. The summed E-state index contributed by atoms with van der Waals surface area (Å²) < 4.78 is 16.5. The van der Waals surface area contributed by atoms with E-state index in [-0.39, 0.29) is 0 Å². The van der Waals surface area contributed by atoms with Gasteiger partial charge in [-0.25, -0.2) is 8.93 Å². The van der Waals surface area contributed by atoms with E-state index >= 15 is 0 Å². The molecule has 1 aromatic carbocycles. The molecule has 1 aliphatic rings. The van der Waals surface area contributed by atoms with E-state index < -0.39 is 11.2 Å². The van der Waals surface area contributed by atoms with Crippen molar-refractivity contribution in [3.05, 3.63) is 24.3 Å². The maximum Gasteiger partial charge on any atom is 0.234 e. The van der Waals surface area contributed by atoms with Gasteiger partial charge in [0.2, 0.25) is 11.2 Å². The van der Waals surface area contributed by atoms with Crippen LogP contribution in [-0.2, 0) is 11.2 Å². The predicted octanol–water partition coefficient (Wildman–Crippen LogP) is 1.78. The van der Waals surface area contributed by atoms with Gasteiger partial charge in [0.25, 0.3) is 0 Å². The van der Waals surface area contributed by atoms with Gasteiger partial charge in [0.05, 0.1) is 0 Å². The molecule has 3 rings (SSSR count). The van der Waals surface area contributed by atoms with Crippen molar-refractivity contribution in [2.75, 3.05) is 0 Å². The number of nitrogens with one attached hydrogen (secondary N) is 1. The number of aromatic nitrogens is 3. The first-order valence-corrected chi connectivity index (χ1v) is 7.44. The molecule has 1 atom stereocenters. The van der Waals surface area contributed by atoms with E-state index in [0.717, 1.165) is 23.9 Å². The fraction of sp³-hybridized carbons (Fsp3) is 0.500. The molecule has 1 heterocycles. The number of fused-ring (bicyclic) bond motifs is 1. The fourth-order valence-corrected chi connectivity index (χ4v) is 3.26. The zero-order valence-electron chi connectivity index (χ0n) is 10.1. The minimum atomic E-state index is -1.37. The fourth-order valence-electron chi connectivity index (χ4n) is 2.32. The number of hydrogen-bond acceptors (Lipinski definition) is 3. The average Bonchev–Trinajstić information content (AvgIpc) is 2.84. The van der Waals surface area contributed by atoms with Crippen LogP contribution in [0.25, 0.3) is 11.0 Å². The third kappa shape index (κ3) is 2.44. The summed E-state index contributed by atoms with van der Waals surface area (Å²) in [6.07, 6.45) is 5.89. The molecule has 1 aromatic heterocycles. The summed E-state index contributed by atoms with van der Waals surface area (Å²) in [6, 6.07) is 7.87. The molecule has 0 amide bonds. The number of benzene rings is 1. The Labute approximate surface area is 108 Å². The normalized spacial score (nSPS) is 19.1. The molecule has 1 unspecified atom stereocenters. The van der Waals surface area contributed by atoms with Gasteiger partial charge in [-0.05, 0) is 25.0 Å². The molecule has 1 saturated carbocycles. The summed E-state index contributed by atoms with van der Waals surface area (Å²) in [7, 11) is 0. The smallest absolute Gasteiger partial charge is 0.216 e. The van der Waals surface area contributed by atoms with Gasteiger partial charge in [-0.1, -0.05) is 35.6 Å². The van der Waals surface area contributed by atoms with Gasteiger partial charge in [-0.3, -0.25) is 0 Å². The van der Waals surface area contributed by atoms with Gasteiger partial charge < -0.3 is 0 Å². The lowest BCUT2D eigenvalue weighted by Gasteiger charge is -2.21. The highest BCUT2D eigenvalue weighted by Crippen LogP contribution is 2.17. The topological polar surface area (TPSA) is 59.8 Å². The highest BCUT2D eigenvalue weighted by molar-refractivity contribution is 7.81. The predicted molar refractivity (Wildman–Crippen MR) is 71.1 cm³/mol. The van der Waals surface area contributed by atoms with Crippen molar-refractivity contribution >= 4 is 22.2 Å². The van der Waals surface area contributed by atoms with Crippen LogP contribution >= 0.6 is 0 Å². The van der Waals surface area contributed by atoms with E-state index in [1.807, 2.05) is 24.3 Å². The molecule has 0 saturated heterocycles. The first-order valence-electron chi connectivity index (χ1n) is 6.33. The highest BCUT2D eigenvalue weighted by atomic mass is 32.2. The summed E-state index contributed by atoms with van der Waals surface area (Å²) in [5.74, 6) is 0. The van der Waals surface area contributed by atoms with E-state index in [1.54, 1.807) is 0 Å². The Bertz CT molecular complexity index is 529. The Kier molecular flexibility index (Phi) is 3.38. The molecular formula is C12H16N4OS. The molecule has 6 heteroatoms. The van der Waals surface area contributed by atoms with Gasteiger partial charge in [-0.2, -0.15) is 0 Å². The second-order valence-corrected chi connectivity index (χ2v) is 5.70. The Morgan fingerprint density at radius 3 is 2.33 bits per heavy atom. The Balaban J connectivity index is 1.74. The Morgan fingerprint density at radius 1 is 1.11 bits per heavy atom. The zero-order valence-corrected chi connectivity index (χ0v) is 10.9. The van der Waals surface area contributed by atoms with Gasteiger partial charge in [-0.15, -0.1) is 10.2 Å². The monoisotopic (exact) mass is 264 g/mol. The molecule has 0 radical (unpaired) electrons. The van der Waals surface area contributed by atoms with E-state index in [9.17, 15) is 4.21 Å². The van der Waals surface area contributed by atoms with Crippen LogP contribution in [0.1, 0.15) is 32.1 Å². The molecule has 5 nitrogen and oxygen atoms in total. The average molecular weight is 264 g/mol. The van der Waals surface area contributed by atoms with Crippen LogP contribution in [0.3, 0.4) is 0 Å². The minimum absolute atomic E-state index is 0.327. The van der Waals surface area contributed by atoms with E-state index in [2.05, 4.69) is 14.9 Å². The minimum Gasteiger partial charge on any atom is -0.216 e. The van der Waals surface area contributed by atoms with E-state index in [1.165, 1.54) is 23.5 Å². The first kappa shape index (κ1) is 11.8. The van der Waals surface area contributed by atoms with Crippen molar-refractivity contribution in [3.8, 4) is 0 Å². The second-order valence-electron chi connectivity index (χ2n) is 4.64. The van der Waals surface area contributed by atoms with Crippen molar-refractivity contribution in [2.24, 2.45) is 0 Å². The Morgan fingerprint density at radius 2 is 1.72 bits per heavy atom. The third-order valence-electron chi connectivity index (χ3n) is 3.29. The van der Waals surface area contributed by atoms with Crippen molar-refractivity contribution in [2.45, 2.75) is 38.1 Å². The van der Waals surface area contributed by atoms with Crippen LogP contribution in [0.15, 0.2) is 24.3 Å². The van der Waals surface area contributed by atoms with E-state index in [4.69, 9.17) is 0 Å². The van der Waals surface area contributed by atoms with Crippen LogP contribution in [-0.4, -0.2) is 24.6 Å². The molecule has 1 N–H and O–H groups in total. The van der Waals surface area contributed by atoms with Crippen molar-refractivity contribution in [1.29, 1.82) is 0 Å². The quantitative estimate of drug-likeness (QED) is 0.919. The van der Waals surface area contributed by atoms with Crippen molar-refractivity contribution in [1.82, 2.24) is 19.1 Å². The summed E-state index contributed by atoms with van der Waals surface area (Å²) in [4.78, 5) is 0. The second kappa shape index (κ2) is 5.16. The molecule has 2 aromatic rings. The van der Waals surface area contributed by atoms with Gasteiger partial charge >= 0.3 is 0 Å². The standard InChI is InChI=1S/C12H16N4OS/c17-18(15-10-6-2-1-3-7-10)16-13-11-8-4-5-9-12(11)14-16/h4-5,8-10,15H,1-3,6-7H2. The van der Waals surface area contributed by atoms with Gasteiger partial charge in [0.15, 0.2) is 0 Å². The molecule has 0 spiro atoms. The van der Waals surface area contributed by atoms with Crippen LogP contribution in [0.4, 0.5) is 0 Å². The Hall–Kier alpha value is -1.27. The molecule has 96 valence electrons. The largest absolute Gasteiger partial charge is 0.234 e. The first-order chi connectivity index (χ1) is 8.83. The van der Waals surface area contributed by atoms with Gasteiger partial charge in [0.1, 0.15) is 11.0 Å². The molecule has 1 aliphatic carbocycles. The zero-order chi connectivity index (χ0) is 12.4. The van der Waals surface area contributed by atoms with Crippen LogP contribution in [0.5, 0.6) is 0 Å². The summed E-state index contributed by atoms with van der Waals surface area (Å²) in [6.45, 7) is 0. The summed E-state index contributed by atoms with van der Waals surface area (Å²) in [5.41, 5.74) is 1.55. The van der Waals surface area contributed by atoms with Crippen LogP contribution < -0.4 is 4.72 Å². The molecule has 0 bridgehead atoms. The SMILES string of the molecule is O=S(NC1CCCCC1)n1nc2ccccc2n1. The molecular weight excluding hydrogens is 248 g/mol.